The highest BCUT2D eigenvalue weighted by molar-refractivity contribution is 5.44. The van der Waals surface area contributed by atoms with Crippen LogP contribution in [0.25, 0.3) is 0 Å². The van der Waals surface area contributed by atoms with Crippen LogP contribution < -0.4 is 11.5 Å². The van der Waals surface area contributed by atoms with E-state index in [1.54, 1.807) is 0 Å². The van der Waals surface area contributed by atoms with Gasteiger partial charge >= 0.3 is 0 Å². The van der Waals surface area contributed by atoms with Crippen molar-refractivity contribution in [2.24, 2.45) is 0 Å². The minimum atomic E-state index is 0.818. The molecule has 0 saturated carbocycles. The van der Waals surface area contributed by atoms with Gasteiger partial charge in [-0.05, 0) is 131 Å². The Labute approximate surface area is 316 Å². The zero-order valence-electron chi connectivity index (χ0n) is 32.3. The fourth-order valence-electron chi connectivity index (χ4n) is 7.54. The normalized spacial score (nSPS) is 11.3. The Kier molecular flexibility index (Phi) is 15.9. The minimum Gasteiger partial charge on any atom is -0.399 e. The molecule has 0 radical (unpaired) electrons. The Bertz CT molecular complexity index is 1750. The van der Waals surface area contributed by atoms with Crippen LogP contribution in [0.5, 0.6) is 0 Å². The first kappa shape index (κ1) is 38.9. The Hall–Kier alpha value is -4.30. The molecule has 5 aromatic carbocycles. The van der Waals surface area contributed by atoms with Gasteiger partial charge in [-0.3, -0.25) is 0 Å². The van der Waals surface area contributed by atoms with E-state index < -0.39 is 0 Å². The van der Waals surface area contributed by atoms with Crippen LogP contribution in [0.4, 0.5) is 11.4 Å². The number of nitrogens with two attached hydrogens (primary N) is 2. The molecular formula is C50H64N2. The maximum absolute atomic E-state index is 5.97. The van der Waals surface area contributed by atoms with Crippen LogP contribution >= 0.6 is 0 Å². The summed E-state index contributed by atoms with van der Waals surface area (Å²) in [5.74, 6) is 0. The molecule has 0 heterocycles. The second-order valence-electron chi connectivity index (χ2n) is 15.2. The molecule has 0 fully saturated rings. The fraction of sp³-hybridized carbons (Fsp3) is 0.400. The quantitative estimate of drug-likeness (QED) is 0.0560. The van der Waals surface area contributed by atoms with Gasteiger partial charge in [-0.15, -0.1) is 0 Å². The van der Waals surface area contributed by atoms with Crippen molar-refractivity contribution in [3.8, 4) is 0 Å². The molecule has 0 spiro atoms. The third kappa shape index (κ3) is 13.0. The summed E-state index contributed by atoms with van der Waals surface area (Å²) in [4.78, 5) is 0. The maximum Gasteiger partial charge on any atom is 0.0314 e. The fourth-order valence-corrected chi connectivity index (χ4v) is 7.54. The Morgan fingerprint density at radius 2 is 0.615 bits per heavy atom. The first-order valence-electron chi connectivity index (χ1n) is 20.5. The van der Waals surface area contributed by atoms with Crippen LogP contribution in [0.3, 0.4) is 0 Å². The van der Waals surface area contributed by atoms with Crippen molar-refractivity contribution in [2.75, 3.05) is 11.5 Å². The lowest BCUT2D eigenvalue weighted by Crippen LogP contribution is -2.02. The summed E-state index contributed by atoms with van der Waals surface area (Å²) in [5, 5.41) is 0. The van der Waals surface area contributed by atoms with E-state index in [1.165, 1.54) is 133 Å². The summed E-state index contributed by atoms with van der Waals surface area (Å²) in [6, 6.07) is 40.6. The molecule has 0 aliphatic rings. The smallest absolute Gasteiger partial charge is 0.0314 e. The van der Waals surface area contributed by atoms with E-state index in [9.17, 15) is 0 Å². The highest BCUT2D eigenvalue weighted by Crippen LogP contribution is 2.26. The van der Waals surface area contributed by atoms with Crippen molar-refractivity contribution in [1.29, 1.82) is 0 Å². The minimum absolute atomic E-state index is 0.818. The third-order valence-corrected chi connectivity index (χ3v) is 10.7. The predicted octanol–water partition coefficient (Wildman–Crippen LogP) is 13.0. The van der Waals surface area contributed by atoms with E-state index in [4.69, 9.17) is 11.5 Å². The van der Waals surface area contributed by atoms with Crippen molar-refractivity contribution in [3.63, 3.8) is 0 Å². The largest absolute Gasteiger partial charge is 0.399 e. The van der Waals surface area contributed by atoms with Gasteiger partial charge in [0.05, 0.1) is 0 Å². The molecule has 274 valence electrons. The lowest BCUT2D eigenvalue weighted by Gasteiger charge is -2.16. The number of hydrogen-bond donors (Lipinski definition) is 2. The summed E-state index contributed by atoms with van der Waals surface area (Å²) >= 11 is 0. The number of unbranched alkanes of at least 4 members (excludes halogenated alkanes) is 10. The molecule has 0 amide bonds. The Morgan fingerprint density at radius 1 is 0.308 bits per heavy atom. The van der Waals surface area contributed by atoms with E-state index in [0.29, 0.717) is 0 Å². The van der Waals surface area contributed by atoms with E-state index in [-0.39, 0.29) is 0 Å². The van der Waals surface area contributed by atoms with Crippen LogP contribution in [0, 0.1) is 0 Å². The van der Waals surface area contributed by atoms with E-state index in [0.717, 1.165) is 49.9 Å². The molecule has 2 nitrogen and oxygen atoms in total. The molecule has 5 rings (SSSR count). The lowest BCUT2D eigenvalue weighted by molar-refractivity contribution is 0.606. The first-order valence-corrected chi connectivity index (χ1v) is 20.5. The van der Waals surface area contributed by atoms with Gasteiger partial charge in [-0.2, -0.15) is 0 Å². The lowest BCUT2D eigenvalue weighted by atomic mass is 9.89. The molecule has 0 saturated heterocycles. The molecule has 0 bridgehead atoms. The predicted molar refractivity (Wildman–Crippen MR) is 226 cm³/mol. The van der Waals surface area contributed by atoms with E-state index in [1.807, 2.05) is 24.3 Å². The molecular weight excluding hydrogens is 629 g/mol. The first-order chi connectivity index (χ1) is 25.5. The molecule has 52 heavy (non-hydrogen) atoms. The summed E-state index contributed by atoms with van der Waals surface area (Å²) in [6.45, 7) is 4.60. The Balaban J connectivity index is 1.32. The maximum atomic E-state index is 5.97. The van der Waals surface area contributed by atoms with Crippen molar-refractivity contribution in [3.05, 3.63) is 165 Å². The van der Waals surface area contributed by atoms with Gasteiger partial charge in [-0.1, -0.05) is 163 Å². The summed E-state index contributed by atoms with van der Waals surface area (Å²) < 4.78 is 0. The van der Waals surface area contributed by atoms with Gasteiger partial charge in [0.25, 0.3) is 0 Å². The molecule has 0 atom stereocenters. The van der Waals surface area contributed by atoms with E-state index in [2.05, 4.69) is 98.8 Å². The highest BCUT2D eigenvalue weighted by atomic mass is 14.5. The average molecular weight is 693 g/mol. The van der Waals surface area contributed by atoms with Crippen LogP contribution in [0.1, 0.15) is 147 Å². The number of nitrogen functional groups attached to an aromatic ring is 2. The van der Waals surface area contributed by atoms with Crippen molar-refractivity contribution < 1.29 is 0 Å². The van der Waals surface area contributed by atoms with Gasteiger partial charge < -0.3 is 11.5 Å². The summed E-state index contributed by atoms with van der Waals surface area (Å²) in [6.07, 6.45) is 22.1. The zero-order chi connectivity index (χ0) is 36.4. The van der Waals surface area contributed by atoms with Crippen molar-refractivity contribution >= 4 is 11.4 Å². The van der Waals surface area contributed by atoms with Gasteiger partial charge in [0.1, 0.15) is 0 Å². The number of benzene rings is 5. The number of anilines is 2. The second kappa shape index (κ2) is 21.3. The number of aryl methyl sites for hydroxylation is 2. The standard InChI is InChI=1S/C50H64N2/c1-3-5-7-9-11-13-15-45-36-43(34-41-25-31-50(52)32-26-41)21-27-48(45)38-44-22-28-47(46(37-44)16-14-12-10-8-6-4-2)35-42-19-17-39(18-20-42)33-40-23-29-49(51)30-24-40/h17-32,36-37H,3-16,33-35,38,51-52H2,1-2H3. The highest BCUT2D eigenvalue weighted by Gasteiger charge is 2.11. The molecule has 0 aliphatic heterocycles. The monoisotopic (exact) mass is 693 g/mol. The summed E-state index contributed by atoms with van der Waals surface area (Å²) in [7, 11) is 0. The number of hydrogen-bond acceptors (Lipinski definition) is 2. The van der Waals surface area contributed by atoms with Crippen LogP contribution in [0.15, 0.2) is 109 Å². The molecule has 5 aromatic rings. The SMILES string of the molecule is CCCCCCCCc1cc(Cc2ccc(N)cc2)ccc1Cc1ccc(Cc2ccc(Cc3ccc(N)cc3)cc2)c(CCCCCCCC)c1. The molecule has 0 aromatic heterocycles. The van der Waals surface area contributed by atoms with Crippen molar-refractivity contribution in [1.82, 2.24) is 0 Å². The number of rotatable bonds is 22. The van der Waals surface area contributed by atoms with Gasteiger partial charge in [0.2, 0.25) is 0 Å². The molecule has 0 aliphatic carbocycles. The third-order valence-electron chi connectivity index (χ3n) is 10.7. The molecule has 2 heteroatoms. The topological polar surface area (TPSA) is 52.0 Å². The van der Waals surface area contributed by atoms with Crippen LogP contribution in [-0.4, -0.2) is 0 Å². The Morgan fingerprint density at radius 3 is 1.06 bits per heavy atom. The van der Waals surface area contributed by atoms with Gasteiger partial charge in [-0.25, -0.2) is 0 Å². The van der Waals surface area contributed by atoms with Gasteiger partial charge in [0, 0.05) is 11.4 Å². The zero-order valence-corrected chi connectivity index (χ0v) is 32.3. The second-order valence-corrected chi connectivity index (χ2v) is 15.2. The van der Waals surface area contributed by atoms with Crippen molar-refractivity contribution in [2.45, 2.75) is 129 Å². The van der Waals surface area contributed by atoms with Crippen LogP contribution in [-0.2, 0) is 38.5 Å². The summed E-state index contributed by atoms with van der Waals surface area (Å²) in [5.41, 5.74) is 27.7. The average Bonchev–Trinajstić information content (AvgIpc) is 3.15. The van der Waals surface area contributed by atoms with E-state index >= 15 is 0 Å². The molecule has 0 unspecified atom stereocenters. The van der Waals surface area contributed by atoms with Crippen LogP contribution in [0.2, 0.25) is 0 Å². The molecule has 4 N–H and O–H groups in total. The van der Waals surface area contributed by atoms with Gasteiger partial charge in [0.15, 0.2) is 0 Å².